The number of aryl methyl sites for hydroxylation is 1. The van der Waals surface area contributed by atoms with Gasteiger partial charge < -0.3 is 25.6 Å². The van der Waals surface area contributed by atoms with E-state index < -0.39 is 34.3 Å². The van der Waals surface area contributed by atoms with Gasteiger partial charge in [-0.25, -0.2) is 9.79 Å². The van der Waals surface area contributed by atoms with Crippen LogP contribution < -0.4 is 26.6 Å². The molecule has 0 radical (unpaired) electrons. The Labute approximate surface area is 220 Å². The number of aromatic amines is 2. The lowest BCUT2D eigenvalue weighted by Gasteiger charge is -2.16. The van der Waals surface area contributed by atoms with Crippen molar-refractivity contribution in [1.29, 1.82) is 0 Å². The maximum Gasteiger partial charge on any atom is 0.328 e. The first kappa shape index (κ1) is 26.5. The Hall–Kier alpha value is -4.52. The van der Waals surface area contributed by atoms with Crippen LogP contribution in [0, 0.1) is 13.8 Å². The number of benzene rings is 2. The van der Waals surface area contributed by atoms with Crippen molar-refractivity contribution in [2.75, 3.05) is 12.4 Å². The fraction of sp³-hybridized carbons (Fsp3) is 0.240. The molecule has 0 bridgehead atoms. The molecular formula is C25H25N5O7S. The maximum atomic E-state index is 12.7. The van der Waals surface area contributed by atoms with Crippen molar-refractivity contribution in [1.82, 2.24) is 15.3 Å². The van der Waals surface area contributed by atoms with Gasteiger partial charge in [0.25, 0.3) is 5.56 Å². The number of nitrogens with one attached hydrogen (secondary N) is 4. The van der Waals surface area contributed by atoms with Gasteiger partial charge in [-0.3, -0.25) is 24.4 Å². The van der Waals surface area contributed by atoms with Gasteiger partial charge in [0.2, 0.25) is 17.7 Å². The molecule has 198 valence electrons. The molecule has 0 saturated carbocycles. The minimum atomic E-state index is -1.21. The third kappa shape index (κ3) is 5.57. The Morgan fingerprint density at radius 1 is 1.16 bits per heavy atom. The lowest BCUT2D eigenvalue weighted by molar-refractivity contribution is -0.122. The second-order valence-electron chi connectivity index (χ2n) is 8.53. The van der Waals surface area contributed by atoms with Crippen LogP contribution >= 0.6 is 11.8 Å². The van der Waals surface area contributed by atoms with Gasteiger partial charge in [0.15, 0.2) is 16.7 Å². The van der Waals surface area contributed by atoms with E-state index in [1.165, 1.54) is 25.3 Å². The van der Waals surface area contributed by atoms with Crippen LogP contribution in [0.1, 0.15) is 34.7 Å². The number of nitrogens with zero attached hydrogens (tertiary/aromatic N) is 1. The summed E-state index contributed by atoms with van der Waals surface area (Å²) in [6.07, 6.45) is -0.134. The molecule has 0 unspecified atom stereocenters. The smallest absolute Gasteiger partial charge is 0.328 e. The summed E-state index contributed by atoms with van der Waals surface area (Å²) in [5.74, 6) is -1.61. The number of methoxy groups -OCH3 is 1. The topological polar surface area (TPSA) is 186 Å². The van der Waals surface area contributed by atoms with Crippen LogP contribution in [0.25, 0.3) is 0 Å². The summed E-state index contributed by atoms with van der Waals surface area (Å²) in [6.45, 7) is 3.82. The van der Waals surface area contributed by atoms with Gasteiger partial charge in [-0.15, -0.1) is 0 Å². The van der Waals surface area contributed by atoms with Crippen LogP contribution in [0.4, 0.5) is 5.69 Å². The molecule has 13 heteroatoms. The fourth-order valence-electron chi connectivity index (χ4n) is 3.88. The van der Waals surface area contributed by atoms with E-state index in [-0.39, 0.29) is 34.6 Å². The third-order valence-corrected chi connectivity index (χ3v) is 7.12. The van der Waals surface area contributed by atoms with Crippen LogP contribution in [0.5, 0.6) is 17.4 Å². The molecule has 6 N–H and O–H groups in total. The molecule has 0 spiro atoms. The van der Waals surface area contributed by atoms with E-state index in [0.717, 1.165) is 22.9 Å². The van der Waals surface area contributed by atoms with Crippen molar-refractivity contribution in [3.05, 3.63) is 79.5 Å². The largest absolute Gasteiger partial charge is 0.504 e. The number of hydrogen-bond acceptors (Lipinski definition) is 9. The van der Waals surface area contributed by atoms with E-state index in [0.29, 0.717) is 11.3 Å². The van der Waals surface area contributed by atoms with Gasteiger partial charge in [0.05, 0.1) is 7.11 Å². The average Bonchev–Trinajstić information content (AvgIpc) is 3.19. The van der Waals surface area contributed by atoms with Gasteiger partial charge in [-0.2, -0.15) is 0 Å². The minimum absolute atomic E-state index is 0.0807. The molecule has 1 aliphatic heterocycles. The summed E-state index contributed by atoms with van der Waals surface area (Å²) in [5.41, 5.74) is 0.798. The van der Waals surface area contributed by atoms with E-state index in [4.69, 9.17) is 4.74 Å². The van der Waals surface area contributed by atoms with Gasteiger partial charge in [0.1, 0.15) is 16.9 Å². The number of carbonyl (C=O) groups excluding carboxylic acids is 2. The Balaban J connectivity index is 1.63. The van der Waals surface area contributed by atoms with Crippen molar-refractivity contribution in [3.8, 4) is 17.4 Å². The number of aromatic hydroxyl groups is 2. The zero-order valence-corrected chi connectivity index (χ0v) is 21.4. The number of hydrogen-bond donors (Lipinski definition) is 6. The summed E-state index contributed by atoms with van der Waals surface area (Å²) in [4.78, 5) is 58.2. The molecule has 2 atom stereocenters. The third-order valence-electron chi connectivity index (χ3n) is 6.02. The number of aliphatic imine (C=N–C) groups is 1. The molecule has 3 aromatic rings. The zero-order chi connectivity index (χ0) is 27.6. The van der Waals surface area contributed by atoms with Gasteiger partial charge in [-0.05, 0) is 48.7 Å². The van der Waals surface area contributed by atoms with E-state index in [1.54, 1.807) is 6.07 Å². The molecule has 2 heterocycles. The first-order valence-electron chi connectivity index (χ1n) is 11.4. The van der Waals surface area contributed by atoms with Crippen LogP contribution in [0.2, 0.25) is 0 Å². The van der Waals surface area contributed by atoms with E-state index in [2.05, 4.69) is 20.6 Å². The number of thioether (sulfide) groups is 1. The molecule has 4 rings (SSSR count). The first-order valence-corrected chi connectivity index (χ1v) is 12.3. The van der Waals surface area contributed by atoms with Gasteiger partial charge in [0, 0.05) is 12.1 Å². The number of H-pyrrole nitrogens is 2. The molecule has 2 amide bonds. The monoisotopic (exact) mass is 539 g/mol. The van der Waals surface area contributed by atoms with Crippen molar-refractivity contribution in [2.24, 2.45) is 4.99 Å². The number of amides is 2. The van der Waals surface area contributed by atoms with E-state index in [9.17, 15) is 29.4 Å². The van der Waals surface area contributed by atoms with Crippen molar-refractivity contribution in [2.45, 2.75) is 31.6 Å². The normalized spacial score (nSPS) is 16.8. The Morgan fingerprint density at radius 2 is 1.92 bits per heavy atom. The average molecular weight is 540 g/mol. The molecule has 1 saturated heterocycles. The summed E-state index contributed by atoms with van der Waals surface area (Å²) in [5, 5.41) is 25.1. The first-order chi connectivity index (χ1) is 18.1. The number of phenols is 1. The Kier molecular flexibility index (Phi) is 7.57. The van der Waals surface area contributed by atoms with Crippen molar-refractivity contribution in [3.63, 3.8) is 0 Å². The highest BCUT2D eigenvalue weighted by Crippen LogP contribution is 2.36. The predicted molar refractivity (Wildman–Crippen MR) is 142 cm³/mol. The van der Waals surface area contributed by atoms with Gasteiger partial charge >= 0.3 is 5.69 Å². The number of anilines is 1. The van der Waals surface area contributed by atoms with Crippen LogP contribution in [0.3, 0.4) is 0 Å². The maximum absolute atomic E-state index is 12.7. The van der Waals surface area contributed by atoms with Crippen molar-refractivity contribution < 1.29 is 24.5 Å². The number of rotatable bonds is 7. The van der Waals surface area contributed by atoms with E-state index in [1.807, 2.05) is 31.0 Å². The molecule has 38 heavy (non-hydrogen) atoms. The number of aromatic nitrogens is 2. The highest BCUT2D eigenvalue weighted by Gasteiger charge is 2.34. The zero-order valence-electron chi connectivity index (χ0n) is 20.6. The van der Waals surface area contributed by atoms with Crippen LogP contribution in [-0.2, 0) is 9.59 Å². The van der Waals surface area contributed by atoms with Gasteiger partial charge in [-0.1, -0.05) is 30.0 Å². The SMILES string of the molecule is COc1cc([C@H](N=C2NC(=O)[C@@H](CC(=O)Nc3cccc(C)c3C)S2)c2c(O)[nH]c(=O)[nH]c2=O)ccc1O. The minimum Gasteiger partial charge on any atom is -0.504 e. The number of amidine groups is 1. The second kappa shape index (κ2) is 10.8. The number of carbonyl (C=O) groups is 2. The molecule has 1 aliphatic rings. The standard InChI is InChI=1S/C25H25N5O7S/c1-11-5-4-6-14(12(11)2)26-18(32)10-17-21(33)30-25(38-17)27-20(13-7-8-15(31)16(9-13)37-3)19-22(34)28-24(36)29-23(19)35/h4-9,17,20,31H,10H2,1-3H3,(H,26,32)(H,27,30,33)(H3,28,29,34,35,36)/t17-,20+/m1/s1. The summed E-state index contributed by atoms with van der Waals surface area (Å²) in [7, 11) is 1.34. The Bertz CT molecular complexity index is 1560. The number of phenolic OH excluding ortho intramolecular Hbond substituents is 1. The molecule has 1 fully saturated rings. The second-order valence-corrected chi connectivity index (χ2v) is 9.73. The van der Waals surface area contributed by atoms with Crippen LogP contribution in [0.15, 0.2) is 51.0 Å². The summed E-state index contributed by atoms with van der Waals surface area (Å²) < 4.78 is 5.14. The molecule has 1 aromatic heterocycles. The summed E-state index contributed by atoms with van der Waals surface area (Å²) in [6, 6.07) is 8.50. The molecule has 2 aromatic carbocycles. The predicted octanol–water partition coefficient (Wildman–Crippen LogP) is 1.81. The highest BCUT2D eigenvalue weighted by atomic mass is 32.2. The Morgan fingerprint density at radius 3 is 2.63 bits per heavy atom. The van der Waals surface area contributed by atoms with E-state index >= 15 is 0 Å². The molecule has 12 nitrogen and oxygen atoms in total. The highest BCUT2D eigenvalue weighted by molar-refractivity contribution is 8.15. The summed E-state index contributed by atoms with van der Waals surface area (Å²) >= 11 is 0.993. The lowest BCUT2D eigenvalue weighted by Crippen LogP contribution is -2.29. The molecular weight excluding hydrogens is 514 g/mol. The number of ether oxygens (including phenoxy) is 1. The lowest BCUT2D eigenvalue weighted by atomic mass is 10.0. The quantitative estimate of drug-likeness (QED) is 0.262. The van der Waals surface area contributed by atoms with Crippen molar-refractivity contribution >= 4 is 34.4 Å². The fourth-order valence-corrected chi connectivity index (χ4v) is 4.88. The molecule has 0 aliphatic carbocycles. The van der Waals surface area contributed by atoms with Crippen LogP contribution in [-0.4, -0.2) is 49.5 Å².